The second kappa shape index (κ2) is 4.13. The van der Waals surface area contributed by atoms with Gasteiger partial charge in [0.25, 0.3) is 0 Å². The summed E-state index contributed by atoms with van der Waals surface area (Å²) in [6, 6.07) is 3.96. The Morgan fingerprint density at radius 3 is 2.65 bits per heavy atom. The van der Waals surface area contributed by atoms with Crippen LogP contribution in [0.4, 0.5) is 8.78 Å². The largest absolute Gasteiger partial charge is 0.477 e. The summed E-state index contributed by atoms with van der Waals surface area (Å²) >= 11 is 0. The van der Waals surface area contributed by atoms with Gasteiger partial charge in [-0.2, -0.15) is 4.39 Å². The molecule has 1 fully saturated rings. The van der Waals surface area contributed by atoms with Crippen molar-refractivity contribution in [1.29, 1.82) is 0 Å². The minimum absolute atomic E-state index is 0.0999. The van der Waals surface area contributed by atoms with Crippen molar-refractivity contribution in [2.45, 2.75) is 25.6 Å². The number of halogens is 2. The summed E-state index contributed by atoms with van der Waals surface area (Å²) in [7, 11) is 0. The van der Waals surface area contributed by atoms with Gasteiger partial charge in [0.05, 0.1) is 11.6 Å². The number of aromatic carboxylic acids is 1. The Morgan fingerprint density at radius 1 is 1.45 bits per heavy atom. The van der Waals surface area contributed by atoms with E-state index in [4.69, 9.17) is 5.11 Å². The maximum atomic E-state index is 14.4. The quantitative estimate of drug-likeness (QED) is 0.859. The van der Waals surface area contributed by atoms with Crippen LogP contribution in [0.1, 0.15) is 28.4 Å². The number of benzene rings is 1. The summed E-state index contributed by atoms with van der Waals surface area (Å²) in [6.07, 6.45) is -1.08. The Hall–Kier alpha value is -2.24. The first-order valence-electron chi connectivity index (χ1n) is 6.14. The van der Waals surface area contributed by atoms with Crippen molar-refractivity contribution in [3.63, 3.8) is 0 Å². The fourth-order valence-electron chi connectivity index (χ4n) is 2.52. The average Bonchev–Trinajstić information content (AvgIpc) is 3.07. The first kappa shape index (κ1) is 12.8. The van der Waals surface area contributed by atoms with Crippen LogP contribution in [0.25, 0.3) is 10.9 Å². The number of pyridine rings is 1. The van der Waals surface area contributed by atoms with Crippen molar-refractivity contribution in [3.05, 3.63) is 45.5 Å². The molecule has 1 aromatic carbocycles. The van der Waals surface area contributed by atoms with E-state index in [9.17, 15) is 18.4 Å². The smallest absolute Gasteiger partial charge is 0.344 e. The number of carboxylic acid groups (broad SMARTS) is 1. The molecule has 104 valence electrons. The molecular weight excluding hydrogens is 268 g/mol. The number of carbonyl (C=O) groups is 1. The molecule has 1 aliphatic rings. The Bertz CT molecular complexity index is 797. The van der Waals surface area contributed by atoms with Crippen LogP contribution in [-0.4, -0.2) is 21.8 Å². The van der Waals surface area contributed by atoms with Gasteiger partial charge in [0.2, 0.25) is 11.4 Å². The second-order valence-corrected chi connectivity index (χ2v) is 4.96. The first-order chi connectivity index (χ1) is 9.43. The predicted molar refractivity (Wildman–Crippen MR) is 68.4 cm³/mol. The van der Waals surface area contributed by atoms with Crippen molar-refractivity contribution >= 4 is 16.9 Å². The van der Waals surface area contributed by atoms with Crippen LogP contribution in [0.2, 0.25) is 0 Å². The Balaban J connectivity index is 2.51. The first-order valence-corrected chi connectivity index (χ1v) is 6.14. The monoisotopic (exact) mass is 279 g/mol. The van der Waals surface area contributed by atoms with E-state index in [1.54, 1.807) is 19.1 Å². The van der Waals surface area contributed by atoms with Crippen LogP contribution in [0.5, 0.6) is 0 Å². The number of carboxylic acids is 1. The van der Waals surface area contributed by atoms with Gasteiger partial charge < -0.3 is 9.67 Å². The van der Waals surface area contributed by atoms with Crippen molar-refractivity contribution in [2.24, 2.45) is 0 Å². The lowest BCUT2D eigenvalue weighted by atomic mass is 10.1. The maximum Gasteiger partial charge on any atom is 0.344 e. The molecular formula is C14H11F2NO3. The minimum atomic E-state index is -1.64. The molecule has 0 bridgehead atoms. The Morgan fingerprint density at radius 2 is 2.10 bits per heavy atom. The molecule has 3 rings (SSSR count). The van der Waals surface area contributed by atoms with Crippen molar-refractivity contribution in [2.75, 3.05) is 0 Å². The molecule has 0 aliphatic heterocycles. The van der Waals surface area contributed by atoms with Crippen molar-refractivity contribution in [3.8, 4) is 0 Å². The zero-order chi connectivity index (χ0) is 14.6. The molecule has 0 radical (unpaired) electrons. The summed E-state index contributed by atoms with van der Waals surface area (Å²) in [5.74, 6) is -2.81. The van der Waals surface area contributed by atoms with Gasteiger partial charge in [0.1, 0.15) is 6.17 Å². The number of aromatic nitrogens is 1. The minimum Gasteiger partial charge on any atom is -0.477 e. The lowest BCUT2D eigenvalue weighted by Gasteiger charge is -2.15. The average molecular weight is 279 g/mol. The van der Waals surface area contributed by atoms with Crippen LogP contribution in [0.15, 0.2) is 23.0 Å². The van der Waals surface area contributed by atoms with E-state index in [1.165, 1.54) is 6.07 Å². The highest BCUT2D eigenvalue weighted by Crippen LogP contribution is 2.42. The number of rotatable bonds is 2. The Kier molecular flexibility index (Phi) is 2.64. The van der Waals surface area contributed by atoms with Gasteiger partial charge in [0, 0.05) is 11.8 Å². The predicted octanol–water partition coefficient (Wildman–Crippen LogP) is 2.43. The standard InChI is InChI=1S/C14H11F2NO3/c1-6-3-2-4-7-11(6)17(9-5-8(9)15)13(16)10(12(7)18)14(19)20/h2-4,8-9H,5H2,1H3,(H,19,20)/t8-,9+/m0/s1. The lowest BCUT2D eigenvalue weighted by Crippen LogP contribution is -2.24. The van der Waals surface area contributed by atoms with Gasteiger partial charge in [-0.25, -0.2) is 9.18 Å². The zero-order valence-corrected chi connectivity index (χ0v) is 10.6. The topological polar surface area (TPSA) is 59.3 Å². The second-order valence-electron chi connectivity index (χ2n) is 4.96. The van der Waals surface area contributed by atoms with Gasteiger partial charge in [-0.3, -0.25) is 4.79 Å². The third-order valence-electron chi connectivity index (χ3n) is 3.59. The van der Waals surface area contributed by atoms with Crippen LogP contribution in [0.3, 0.4) is 0 Å². The zero-order valence-electron chi connectivity index (χ0n) is 10.6. The SMILES string of the molecule is Cc1cccc2c(=O)c(C(=O)O)c(F)n([C@@H]3C[C@@H]3F)c12. The third kappa shape index (κ3) is 1.64. The summed E-state index contributed by atoms with van der Waals surface area (Å²) in [6.45, 7) is 1.67. The molecule has 0 amide bonds. The molecule has 0 saturated heterocycles. The highest BCUT2D eigenvalue weighted by Gasteiger charge is 2.42. The van der Waals surface area contributed by atoms with E-state index < -0.39 is 35.1 Å². The lowest BCUT2D eigenvalue weighted by molar-refractivity contribution is 0.0688. The fraction of sp³-hybridized carbons (Fsp3) is 0.286. The number of aryl methyl sites for hydroxylation is 1. The van der Waals surface area contributed by atoms with E-state index in [0.717, 1.165) is 4.57 Å². The van der Waals surface area contributed by atoms with Crippen LogP contribution >= 0.6 is 0 Å². The van der Waals surface area contributed by atoms with Crippen LogP contribution < -0.4 is 5.43 Å². The summed E-state index contributed by atoms with van der Waals surface area (Å²) in [4.78, 5) is 23.2. The van der Waals surface area contributed by atoms with Crippen LogP contribution in [0, 0.1) is 12.9 Å². The van der Waals surface area contributed by atoms with E-state index in [1.807, 2.05) is 0 Å². The van der Waals surface area contributed by atoms with Crippen LogP contribution in [-0.2, 0) is 0 Å². The van der Waals surface area contributed by atoms with E-state index in [-0.39, 0.29) is 17.3 Å². The Labute approximate surface area is 112 Å². The third-order valence-corrected chi connectivity index (χ3v) is 3.59. The number of hydrogen-bond donors (Lipinski definition) is 1. The summed E-state index contributed by atoms with van der Waals surface area (Å²) in [5.41, 5.74) is -0.928. The number of alkyl halides is 1. The molecule has 1 aliphatic carbocycles. The van der Waals surface area contributed by atoms with Gasteiger partial charge in [-0.05, 0) is 18.6 Å². The highest BCUT2D eigenvalue weighted by atomic mass is 19.1. The molecule has 4 nitrogen and oxygen atoms in total. The molecule has 1 aromatic heterocycles. The number of hydrogen-bond acceptors (Lipinski definition) is 2. The van der Waals surface area contributed by atoms with E-state index >= 15 is 0 Å². The molecule has 0 unspecified atom stereocenters. The van der Waals surface area contributed by atoms with Crippen molar-refractivity contribution < 1.29 is 18.7 Å². The summed E-state index contributed by atoms with van der Waals surface area (Å²) in [5, 5.41) is 9.12. The molecule has 1 heterocycles. The summed E-state index contributed by atoms with van der Waals surface area (Å²) < 4.78 is 28.7. The number of para-hydroxylation sites is 1. The molecule has 1 N–H and O–H groups in total. The molecule has 20 heavy (non-hydrogen) atoms. The van der Waals surface area contributed by atoms with Gasteiger partial charge in [-0.1, -0.05) is 12.1 Å². The number of fused-ring (bicyclic) bond motifs is 1. The highest BCUT2D eigenvalue weighted by molar-refractivity contribution is 5.93. The van der Waals surface area contributed by atoms with E-state index in [0.29, 0.717) is 5.56 Å². The van der Waals surface area contributed by atoms with E-state index in [2.05, 4.69) is 0 Å². The van der Waals surface area contributed by atoms with Gasteiger partial charge >= 0.3 is 5.97 Å². The molecule has 1 saturated carbocycles. The van der Waals surface area contributed by atoms with Gasteiger partial charge in [0.15, 0.2) is 5.56 Å². The van der Waals surface area contributed by atoms with Crippen molar-refractivity contribution in [1.82, 2.24) is 4.57 Å². The maximum absolute atomic E-state index is 14.4. The molecule has 2 aromatic rings. The molecule has 2 atom stereocenters. The normalized spacial score (nSPS) is 21.1. The molecule has 0 spiro atoms. The molecule has 6 heteroatoms. The number of nitrogens with zero attached hydrogens (tertiary/aromatic N) is 1. The fourth-order valence-corrected chi connectivity index (χ4v) is 2.52. The van der Waals surface area contributed by atoms with Gasteiger partial charge in [-0.15, -0.1) is 0 Å².